The van der Waals surface area contributed by atoms with Crippen molar-refractivity contribution >= 4 is 17.9 Å². The molecular formula is C27H43N5O5. The van der Waals surface area contributed by atoms with Crippen molar-refractivity contribution in [1.29, 1.82) is 0 Å². The van der Waals surface area contributed by atoms with Crippen LogP contribution in [0.1, 0.15) is 68.2 Å². The highest BCUT2D eigenvalue weighted by Crippen LogP contribution is 2.39. The van der Waals surface area contributed by atoms with E-state index in [1.54, 1.807) is 23.9 Å². The topological polar surface area (TPSA) is 106 Å². The second-order valence-corrected chi connectivity index (χ2v) is 11.9. The Morgan fingerprint density at radius 1 is 1.22 bits per heavy atom. The lowest BCUT2D eigenvalue weighted by Gasteiger charge is -2.36. The number of hydrogen-bond donors (Lipinski definition) is 1. The van der Waals surface area contributed by atoms with Gasteiger partial charge in [0.05, 0.1) is 18.2 Å². The van der Waals surface area contributed by atoms with E-state index in [1.165, 1.54) is 0 Å². The van der Waals surface area contributed by atoms with Crippen molar-refractivity contribution in [2.75, 3.05) is 53.6 Å². The third kappa shape index (κ3) is 6.10. The van der Waals surface area contributed by atoms with Crippen LogP contribution in [0.25, 0.3) is 0 Å². The van der Waals surface area contributed by atoms with Crippen LogP contribution in [-0.2, 0) is 33.7 Å². The van der Waals surface area contributed by atoms with Crippen molar-refractivity contribution in [1.82, 2.24) is 24.9 Å². The van der Waals surface area contributed by atoms with E-state index in [0.29, 0.717) is 64.3 Å². The van der Waals surface area contributed by atoms with Gasteiger partial charge in [0.2, 0.25) is 0 Å². The fraction of sp³-hybridized carbons (Fsp3) is 0.778. The molecule has 0 saturated carbocycles. The van der Waals surface area contributed by atoms with Crippen LogP contribution in [-0.4, -0.2) is 91.0 Å². The van der Waals surface area contributed by atoms with Crippen LogP contribution < -0.4 is 5.32 Å². The maximum absolute atomic E-state index is 13.1. The monoisotopic (exact) mass is 517 g/mol. The average molecular weight is 518 g/mol. The van der Waals surface area contributed by atoms with E-state index >= 15 is 0 Å². The van der Waals surface area contributed by atoms with E-state index in [9.17, 15) is 14.4 Å². The maximum Gasteiger partial charge on any atom is 0.319 e. The standard InChI is InChI=1S/C27H43N5O5/c1-6-32-22-20(15-27(17-28-23(22)33)9-13-36-14-10-27)21(29-32)16-26(2,3)18-37-24(34)19-7-11-31(12-8-19)25(35)30(4)5/h19H,6-18H2,1-5H3,(H,28,33). The number of esters is 1. The van der Waals surface area contributed by atoms with Crippen LogP contribution >= 0.6 is 0 Å². The van der Waals surface area contributed by atoms with Gasteiger partial charge in [0.1, 0.15) is 5.69 Å². The summed E-state index contributed by atoms with van der Waals surface area (Å²) in [5, 5.41) is 8.02. The van der Waals surface area contributed by atoms with E-state index < -0.39 is 0 Å². The summed E-state index contributed by atoms with van der Waals surface area (Å²) >= 11 is 0. The van der Waals surface area contributed by atoms with Crippen LogP contribution in [0.5, 0.6) is 0 Å². The molecular weight excluding hydrogens is 474 g/mol. The zero-order valence-corrected chi connectivity index (χ0v) is 23.1. The van der Waals surface area contributed by atoms with Crippen molar-refractivity contribution in [2.45, 2.75) is 65.8 Å². The summed E-state index contributed by atoms with van der Waals surface area (Å²) in [5.74, 6) is -0.430. The molecule has 3 aliphatic heterocycles. The Balaban J connectivity index is 1.41. The largest absolute Gasteiger partial charge is 0.465 e. The molecule has 0 atom stereocenters. The van der Waals surface area contributed by atoms with E-state index in [0.717, 1.165) is 30.5 Å². The highest BCUT2D eigenvalue weighted by atomic mass is 16.5. The van der Waals surface area contributed by atoms with Crippen molar-refractivity contribution in [2.24, 2.45) is 16.7 Å². The molecule has 2 saturated heterocycles. The molecule has 37 heavy (non-hydrogen) atoms. The Labute approximate surface area is 220 Å². The number of likely N-dealkylation sites (tertiary alicyclic amines) is 1. The Kier molecular flexibility index (Phi) is 8.16. The molecule has 0 bridgehead atoms. The minimum absolute atomic E-state index is 0.00501. The second kappa shape index (κ2) is 11.0. The number of rotatable bonds is 6. The van der Waals surface area contributed by atoms with Gasteiger partial charge in [-0.25, -0.2) is 4.79 Å². The van der Waals surface area contributed by atoms with Gasteiger partial charge in [0.15, 0.2) is 0 Å². The first-order valence-corrected chi connectivity index (χ1v) is 13.6. The van der Waals surface area contributed by atoms with Gasteiger partial charge in [-0.05, 0) is 44.4 Å². The molecule has 0 aromatic carbocycles. The highest BCUT2D eigenvalue weighted by molar-refractivity contribution is 5.94. The Morgan fingerprint density at radius 2 is 1.89 bits per heavy atom. The normalized spacial score (nSPS) is 20.2. The van der Waals surface area contributed by atoms with Crippen LogP contribution in [0.2, 0.25) is 0 Å². The predicted octanol–water partition coefficient (Wildman–Crippen LogP) is 2.49. The van der Waals surface area contributed by atoms with E-state index in [1.807, 2.05) is 11.6 Å². The Bertz CT molecular complexity index is 1000. The summed E-state index contributed by atoms with van der Waals surface area (Å²) in [6.07, 6.45) is 4.50. The molecule has 4 rings (SSSR count). The summed E-state index contributed by atoms with van der Waals surface area (Å²) < 4.78 is 13.3. The van der Waals surface area contributed by atoms with Gasteiger partial charge < -0.3 is 24.6 Å². The number of urea groups is 1. The first-order chi connectivity index (χ1) is 17.5. The number of fused-ring (bicyclic) bond motifs is 1. The van der Waals surface area contributed by atoms with Crippen molar-refractivity contribution in [3.8, 4) is 0 Å². The van der Waals surface area contributed by atoms with Gasteiger partial charge in [-0.1, -0.05) is 13.8 Å². The smallest absolute Gasteiger partial charge is 0.319 e. The second-order valence-electron chi connectivity index (χ2n) is 11.9. The number of hydrogen-bond acceptors (Lipinski definition) is 6. The van der Waals surface area contributed by atoms with Crippen molar-refractivity contribution in [3.05, 3.63) is 17.0 Å². The van der Waals surface area contributed by atoms with Crippen LogP contribution in [0.15, 0.2) is 0 Å². The molecule has 10 heteroatoms. The van der Waals surface area contributed by atoms with Crippen LogP contribution in [0.4, 0.5) is 4.79 Å². The van der Waals surface area contributed by atoms with Gasteiger partial charge in [-0.2, -0.15) is 5.10 Å². The molecule has 0 unspecified atom stereocenters. The first-order valence-electron chi connectivity index (χ1n) is 13.6. The summed E-state index contributed by atoms with van der Waals surface area (Å²) in [6.45, 7) is 10.3. The summed E-state index contributed by atoms with van der Waals surface area (Å²) in [5.41, 5.74) is 2.29. The third-order valence-corrected chi connectivity index (χ3v) is 8.11. The average Bonchev–Trinajstić information content (AvgIpc) is 3.14. The molecule has 10 nitrogen and oxygen atoms in total. The van der Waals surface area contributed by atoms with E-state index in [4.69, 9.17) is 14.6 Å². The number of nitrogens with zero attached hydrogens (tertiary/aromatic N) is 4. The number of carbonyl (C=O) groups is 3. The Morgan fingerprint density at radius 3 is 2.51 bits per heavy atom. The summed E-state index contributed by atoms with van der Waals surface area (Å²) in [4.78, 5) is 41.5. The number of nitrogens with one attached hydrogen (secondary N) is 1. The van der Waals surface area contributed by atoms with E-state index in [2.05, 4.69) is 19.2 Å². The lowest BCUT2D eigenvalue weighted by Crippen LogP contribution is -2.45. The van der Waals surface area contributed by atoms with Crippen molar-refractivity contribution < 1.29 is 23.9 Å². The summed E-state index contributed by atoms with van der Waals surface area (Å²) in [7, 11) is 3.48. The molecule has 4 heterocycles. The predicted molar refractivity (Wildman–Crippen MR) is 138 cm³/mol. The molecule has 206 valence electrons. The summed E-state index contributed by atoms with van der Waals surface area (Å²) in [6, 6.07) is -0.0187. The van der Waals surface area contributed by atoms with Gasteiger partial charge in [0.25, 0.3) is 5.91 Å². The molecule has 2 fully saturated rings. The number of aryl methyl sites for hydroxylation is 1. The van der Waals surface area contributed by atoms with Gasteiger partial charge >= 0.3 is 12.0 Å². The molecule has 3 aliphatic rings. The molecule has 0 aliphatic carbocycles. The zero-order chi connectivity index (χ0) is 26.8. The number of piperidine rings is 1. The molecule has 0 radical (unpaired) electrons. The number of ether oxygens (including phenoxy) is 2. The van der Waals surface area contributed by atoms with Gasteiger partial charge in [0, 0.05) is 70.9 Å². The SMILES string of the molecule is CCn1nc(CC(C)(C)COC(=O)C2CCN(C(=O)N(C)C)CC2)c2c1C(=O)NCC1(CCOCC1)C2. The van der Waals surface area contributed by atoms with Gasteiger partial charge in [-0.3, -0.25) is 14.3 Å². The van der Waals surface area contributed by atoms with E-state index in [-0.39, 0.29) is 41.3 Å². The quantitative estimate of drug-likeness (QED) is 0.581. The molecule has 1 aromatic rings. The molecule has 1 N–H and O–H groups in total. The Hall–Kier alpha value is -2.62. The number of aromatic nitrogens is 2. The zero-order valence-electron chi connectivity index (χ0n) is 23.1. The van der Waals surface area contributed by atoms with Crippen LogP contribution in [0.3, 0.4) is 0 Å². The number of carbonyl (C=O) groups excluding carboxylic acids is 3. The highest BCUT2D eigenvalue weighted by Gasteiger charge is 2.40. The van der Waals surface area contributed by atoms with Crippen molar-refractivity contribution in [3.63, 3.8) is 0 Å². The van der Waals surface area contributed by atoms with Gasteiger partial charge in [-0.15, -0.1) is 0 Å². The fourth-order valence-corrected chi connectivity index (χ4v) is 5.78. The fourth-order valence-electron chi connectivity index (χ4n) is 5.78. The molecule has 3 amide bonds. The molecule has 1 aromatic heterocycles. The minimum Gasteiger partial charge on any atom is -0.465 e. The maximum atomic E-state index is 13.1. The molecule has 1 spiro atoms. The lowest BCUT2D eigenvalue weighted by molar-refractivity contribution is -0.153. The van der Waals surface area contributed by atoms with Crippen LogP contribution in [0, 0.1) is 16.7 Å². The lowest BCUT2D eigenvalue weighted by atomic mass is 9.74. The number of amides is 3. The third-order valence-electron chi connectivity index (χ3n) is 8.11. The minimum atomic E-state index is -0.344. The first kappa shape index (κ1) is 27.4.